The van der Waals surface area contributed by atoms with Crippen LogP contribution in [-0.4, -0.2) is 47.6 Å². The molecule has 0 saturated heterocycles. The number of carbonyl (C=O) groups is 2. The van der Waals surface area contributed by atoms with Crippen molar-refractivity contribution in [1.29, 1.82) is 0 Å². The van der Waals surface area contributed by atoms with Gasteiger partial charge in [-0.2, -0.15) is 0 Å². The van der Waals surface area contributed by atoms with Crippen molar-refractivity contribution in [3.63, 3.8) is 0 Å². The van der Waals surface area contributed by atoms with Crippen LogP contribution in [0, 0.1) is 11.8 Å². The van der Waals surface area contributed by atoms with E-state index in [4.69, 9.17) is 9.47 Å². The van der Waals surface area contributed by atoms with Gasteiger partial charge in [0.05, 0.1) is 7.11 Å². The van der Waals surface area contributed by atoms with Gasteiger partial charge < -0.3 is 24.6 Å². The Bertz CT molecular complexity index is 1320. The standard InChI is InChI=1S/C31H35F3N2O6/c1-5-23(17-21-9-7-6-8-10-21)25(18-22-11-13-24(14-12-22)42-31(32,33)34)20(3)41-30(39)19(2)36-29(38)27-28(37)26(40-4)15-16-35-27/h6-16,19-20,23,25,37H,5,17-18H2,1-4H3,(H,36,38)/t19-,20-,23+,25-/m0/s1. The van der Waals surface area contributed by atoms with Gasteiger partial charge in [-0.25, -0.2) is 9.78 Å². The maximum Gasteiger partial charge on any atom is 0.573 e. The summed E-state index contributed by atoms with van der Waals surface area (Å²) in [7, 11) is 1.33. The minimum absolute atomic E-state index is 0.0591. The molecule has 1 heterocycles. The molecule has 0 unspecified atom stereocenters. The second kappa shape index (κ2) is 14.6. The molecule has 1 aromatic heterocycles. The Morgan fingerprint density at radius 2 is 1.62 bits per heavy atom. The number of amides is 1. The van der Waals surface area contributed by atoms with Crippen LogP contribution in [0.25, 0.3) is 0 Å². The molecule has 0 aliphatic rings. The third-order valence-corrected chi connectivity index (χ3v) is 7.03. The van der Waals surface area contributed by atoms with Crippen molar-refractivity contribution in [2.24, 2.45) is 11.8 Å². The average Bonchev–Trinajstić information content (AvgIpc) is 2.95. The van der Waals surface area contributed by atoms with Crippen molar-refractivity contribution in [1.82, 2.24) is 10.3 Å². The molecule has 3 rings (SSSR count). The lowest BCUT2D eigenvalue weighted by Crippen LogP contribution is -2.42. The van der Waals surface area contributed by atoms with Gasteiger partial charge in [0, 0.05) is 18.2 Å². The van der Waals surface area contributed by atoms with E-state index in [1.54, 1.807) is 19.1 Å². The zero-order valence-corrected chi connectivity index (χ0v) is 23.9. The fourth-order valence-corrected chi connectivity index (χ4v) is 4.79. The second-order valence-electron chi connectivity index (χ2n) is 9.97. The summed E-state index contributed by atoms with van der Waals surface area (Å²) >= 11 is 0. The number of aromatic nitrogens is 1. The SMILES string of the molecule is CC[C@H](Cc1ccccc1)[C@@H](Cc1ccc(OC(F)(F)F)cc1)[C@H](C)OC(=O)[C@H](C)NC(=O)c1nccc(OC)c1O. The number of hydrogen-bond donors (Lipinski definition) is 2. The molecule has 3 aromatic rings. The Morgan fingerprint density at radius 1 is 0.976 bits per heavy atom. The van der Waals surface area contributed by atoms with Crippen molar-refractivity contribution in [2.45, 2.75) is 58.5 Å². The number of methoxy groups -OCH3 is 1. The number of aromatic hydroxyl groups is 1. The fraction of sp³-hybridized carbons (Fsp3) is 0.387. The van der Waals surface area contributed by atoms with Crippen LogP contribution in [0.5, 0.6) is 17.2 Å². The maximum absolute atomic E-state index is 13.1. The van der Waals surface area contributed by atoms with Crippen LogP contribution in [0.4, 0.5) is 13.2 Å². The summed E-state index contributed by atoms with van der Waals surface area (Å²) in [4.78, 5) is 29.6. The molecule has 0 saturated carbocycles. The summed E-state index contributed by atoms with van der Waals surface area (Å²) in [5, 5.41) is 12.7. The molecule has 0 spiro atoms. The number of carbonyl (C=O) groups excluding carboxylic acids is 2. The number of nitrogens with zero attached hydrogens (tertiary/aromatic N) is 1. The van der Waals surface area contributed by atoms with E-state index in [2.05, 4.69) is 15.0 Å². The van der Waals surface area contributed by atoms with Gasteiger partial charge in [0.2, 0.25) is 0 Å². The van der Waals surface area contributed by atoms with Crippen molar-refractivity contribution < 1.29 is 42.1 Å². The number of benzene rings is 2. The summed E-state index contributed by atoms with van der Waals surface area (Å²) in [6, 6.07) is 15.8. The summed E-state index contributed by atoms with van der Waals surface area (Å²) in [6.07, 6.45) is -2.23. The highest BCUT2D eigenvalue weighted by atomic mass is 19.4. The van der Waals surface area contributed by atoms with Gasteiger partial charge in [0.15, 0.2) is 17.2 Å². The number of pyridine rings is 1. The summed E-state index contributed by atoms with van der Waals surface area (Å²) in [5.74, 6) is -2.33. The molecule has 1 amide bonds. The molecule has 0 aliphatic heterocycles. The van der Waals surface area contributed by atoms with Gasteiger partial charge in [-0.05, 0) is 55.9 Å². The molecule has 0 aliphatic carbocycles. The van der Waals surface area contributed by atoms with Crippen LogP contribution >= 0.6 is 0 Å². The van der Waals surface area contributed by atoms with Crippen LogP contribution in [0.1, 0.15) is 48.8 Å². The van der Waals surface area contributed by atoms with Crippen molar-refractivity contribution >= 4 is 11.9 Å². The first kappa shape index (κ1) is 32.2. The van der Waals surface area contributed by atoms with Crippen molar-refractivity contribution in [3.05, 3.63) is 83.7 Å². The van der Waals surface area contributed by atoms with Crippen LogP contribution in [0.3, 0.4) is 0 Å². The molecule has 2 N–H and O–H groups in total. The zero-order chi connectivity index (χ0) is 30.9. The average molecular weight is 589 g/mol. The first-order valence-electron chi connectivity index (χ1n) is 13.5. The van der Waals surface area contributed by atoms with Crippen LogP contribution in [0.15, 0.2) is 66.9 Å². The second-order valence-corrected chi connectivity index (χ2v) is 9.97. The number of ether oxygens (including phenoxy) is 3. The minimum Gasteiger partial charge on any atom is -0.503 e. The number of halogens is 3. The molecule has 11 heteroatoms. The van der Waals surface area contributed by atoms with Crippen LogP contribution < -0.4 is 14.8 Å². The van der Waals surface area contributed by atoms with E-state index in [1.165, 1.54) is 38.4 Å². The monoisotopic (exact) mass is 588 g/mol. The third-order valence-electron chi connectivity index (χ3n) is 7.03. The molecule has 226 valence electrons. The Hall–Kier alpha value is -4.28. The highest BCUT2D eigenvalue weighted by Crippen LogP contribution is 2.31. The van der Waals surface area contributed by atoms with E-state index in [0.717, 1.165) is 17.5 Å². The lowest BCUT2D eigenvalue weighted by molar-refractivity contribution is -0.274. The number of hydrogen-bond acceptors (Lipinski definition) is 7. The highest BCUT2D eigenvalue weighted by Gasteiger charge is 2.32. The molecular weight excluding hydrogens is 553 g/mol. The molecule has 0 radical (unpaired) electrons. The molecule has 42 heavy (non-hydrogen) atoms. The quantitative estimate of drug-likeness (QED) is 0.241. The van der Waals surface area contributed by atoms with E-state index < -0.39 is 36.1 Å². The van der Waals surface area contributed by atoms with E-state index >= 15 is 0 Å². The predicted octanol–water partition coefficient (Wildman–Crippen LogP) is 5.87. The first-order valence-corrected chi connectivity index (χ1v) is 13.5. The first-order chi connectivity index (χ1) is 19.9. The zero-order valence-electron chi connectivity index (χ0n) is 23.9. The Balaban J connectivity index is 1.76. The molecule has 0 fully saturated rings. The summed E-state index contributed by atoms with van der Waals surface area (Å²) in [5.41, 5.74) is 1.56. The largest absolute Gasteiger partial charge is 0.573 e. The molecule has 0 bridgehead atoms. The van der Waals surface area contributed by atoms with Gasteiger partial charge >= 0.3 is 12.3 Å². The van der Waals surface area contributed by atoms with Gasteiger partial charge in [-0.1, -0.05) is 55.8 Å². The smallest absolute Gasteiger partial charge is 0.503 e. The Morgan fingerprint density at radius 3 is 2.21 bits per heavy atom. The lowest BCUT2D eigenvalue weighted by atomic mass is 9.78. The summed E-state index contributed by atoms with van der Waals surface area (Å²) < 4.78 is 52.7. The molecule has 8 nitrogen and oxygen atoms in total. The minimum atomic E-state index is -4.79. The van der Waals surface area contributed by atoms with Gasteiger partial charge in [-0.3, -0.25) is 4.79 Å². The van der Waals surface area contributed by atoms with Gasteiger partial charge in [0.25, 0.3) is 5.91 Å². The van der Waals surface area contributed by atoms with E-state index in [0.29, 0.717) is 12.8 Å². The molecular formula is C31H35F3N2O6. The normalized spacial score (nSPS) is 14.3. The summed E-state index contributed by atoms with van der Waals surface area (Å²) in [6.45, 7) is 5.26. The van der Waals surface area contributed by atoms with Crippen molar-refractivity contribution in [3.8, 4) is 17.2 Å². The van der Waals surface area contributed by atoms with Gasteiger partial charge in [0.1, 0.15) is 17.9 Å². The van der Waals surface area contributed by atoms with Gasteiger partial charge in [-0.15, -0.1) is 13.2 Å². The number of rotatable bonds is 13. The number of alkyl halides is 3. The topological polar surface area (TPSA) is 107 Å². The van der Waals surface area contributed by atoms with Crippen LogP contribution in [0.2, 0.25) is 0 Å². The maximum atomic E-state index is 13.1. The molecule has 2 aromatic carbocycles. The Labute approximate surface area is 242 Å². The van der Waals surface area contributed by atoms with Crippen LogP contribution in [-0.2, 0) is 22.4 Å². The Kier molecular flexibility index (Phi) is 11.2. The predicted molar refractivity (Wildman–Crippen MR) is 149 cm³/mol. The van der Waals surface area contributed by atoms with Crippen molar-refractivity contribution in [2.75, 3.05) is 7.11 Å². The highest BCUT2D eigenvalue weighted by molar-refractivity contribution is 5.97. The van der Waals surface area contributed by atoms with E-state index in [-0.39, 0.29) is 29.0 Å². The van der Waals surface area contributed by atoms with E-state index in [9.17, 15) is 27.9 Å². The fourth-order valence-electron chi connectivity index (χ4n) is 4.79. The lowest BCUT2D eigenvalue weighted by Gasteiger charge is -2.32. The third kappa shape index (κ3) is 9.12. The molecule has 4 atom stereocenters. The number of esters is 1. The number of nitrogens with one attached hydrogen (secondary N) is 1. The van der Waals surface area contributed by atoms with E-state index in [1.807, 2.05) is 37.3 Å².